The zero-order chi connectivity index (χ0) is 22.8. The molecular formula is C25H23N2O5-. The Morgan fingerprint density at radius 3 is 2.34 bits per heavy atom. The maximum Gasteiger partial charge on any atom is 0.161 e. The molecule has 7 nitrogen and oxygen atoms in total. The Morgan fingerprint density at radius 1 is 0.969 bits per heavy atom. The smallest absolute Gasteiger partial charge is 0.161 e. The fourth-order valence-corrected chi connectivity index (χ4v) is 3.01. The van der Waals surface area contributed by atoms with E-state index < -0.39 is 12.0 Å². The van der Waals surface area contributed by atoms with E-state index in [9.17, 15) is 9.90 Å². The number of carbonyl (C=O) groups is 1. The Balaban J connectivity index is 1.70. The van der Waals surface area contributed by atoms with Crippen LogP contribution in [0.15, 0.2) is 72.8 Å². The van der Waals surface area contributed by atoms with Crippen molar-refractivity contribution in [3.63, 3.8) is 0 Å². The van der Waals surface area contributed by atoms with E-state index >= 15 is 0 Å². The summed E-state index contributed by atoms with van der Waals surface area (Å²) in [5.74, 6) is 0.379. The van der Waals surface area contributed by atoms with Crippen LogP contribution in [0.25, 0.3) is 0 Å². The second-order valence-corrected chi connectivity index (χ2v) is 6.73. The van der Waals surface area contributed by atoms with Gasteiger partial charge in [0, 0.05) is 5.69 Å². The quantitative estimate of drug-likeness (QED) is 0.465. The number of aliphatic carboxylic acids is 1. The average molecular weight is 431 g/mol. The summed E-state index contributed by atoms with van der Waals surface area (Å²) in [5.41, 5.74) is 1.48. The molecule has 0 aliphatic carbocycles. The maximum atomic E-state index is 11.8. The molecule has 0 spiro atoms. The van der Waals surface area contributed by atoms with E-state index in [1.165, 1.54) is 0 Å². The van der Waals surface area contributed by atoms with Gasteiger partial charge in [-0.1, -0.05) is 24.3 Å². The topological polar surface area (TPSA) is 104 Å². The number of nitrogens with one attached hydrogen (secondary N) is 1. The molecule has 3 aromatic rings. The van der Waals surface area contributed by atoms with Crippen molar-refractivity contribution in [3.8, 4) is 23.3 Å². The fourth-order valence-electron chi connectivity index (χ4n) is 3.01. The van der Waals surface area contributed by atoms with Gasteiger partial charge in [0.25, 0.3) is 0 Å². The summed E-state index contributed by atoms with van der Waals surface area (Å²) in [7, 11) is 0. The molecule has 0 saturated heterocycles. The molecule has 32 heavy (non-hydrogen) atoms. The van der Waals surface area contributed by atoms with Gasteiger partial charge in [0.05, 0.1) is 30.3 Å². The molecule has 7 heteroatoms. The molecule has 3 rings (SSSR count). The molecule has 0 aliphatic heterocycles. The summed E-state index contributed by atoms with van der Waals surface area (Å²) in [6.45, 7) is 2.86. The van der Waals surface area contributed by atoms with Crippen molar-refractivity contribution in [1.82, 2.24) is 0 Å². The molecule has 0 aromatic heterocycles. The first-order valence-corrected chi connectivity index (χ1v) is 10.2. The highest BCUT2D eigenvalue weighted by Gasteiger charge is 2.16. The fraction of sp³-hybridized carbons (Fsp3) is 0.200. The minimum Gasteiger partial charge on any atom is -0.548 e. The number of anilines is 1. The zero-order valence-electron chi connectivity index (χ0n) is 17.6. The van der Waals surface area contributed by atoms with Gasteiger partial charge in [-0.25, -0.2) is 0 Å². The molecule has 1 atom stereocenters. The summed E-state index contributed by atoms with van der Waals surface area (Å²) in [6, 6.07) is 21.8. The van der Waals surface area contributed by atoms with Gasteiger partial charge in [-0.05, 0) is 61.0 Å². The van der Waals surface area contributed by atoms with Crippen LogP contribution >= 0.6 is 0 Å². The second kappa shape index (κ2) is 11.3. The molecule has 0 fully saturated rings. The van der Waals surface area contributed by atoms with Crippen molar-refractivity contribution in [1.29, 1.82) is 5.26 Å². The Labute approximate surface area is 186 Å². The van der Waals surface area contributed by atoms with Gasteiger partial charge in [0.1, 0.15) is 19.0 Å². The summed E-state index contributed by atoms with van der Waals surface area (Å²) in [4.78, 5) is 11.8. The van der Waals surface area contributed by atoms with Crippen LogP contribution in [-0.4, -0.2) is 25.8 Å². The number of para-hydroxylation sites is 1. The van der Waals surface area contributed by atoms with E-state index in [1.807, 2.05) is 43.3 Å². The van der Waals surface area contributed by atoms with Crippen molar-refractivity contribution in [2.24, 2.45) is 0 Å². The highest BCUT2D eigenvalue weighted by molar-refractivity contribution is 5.78. The number of carboxylic acid groups (broad SMARTS) is 1. The molecule has 164 valence electrons. The van der Waals surface area contributed by atoms with Crippen LogP contribution in [0.3, 0.4) is 0 Å². The number of nitriles is 1. The van der Waals surface area contributed by atoms with E-state index in [4.69, 9.17) is 19.5 Å². The van der Waals surface area contributed by atoms with Gasteiger partial charge >= 0.3 is 0 Å². The number of rotatable bonds is 11. The van der Waals surface area contributed by atoms with Crippen molar-refractivity contribution in [2.75, 3.05) is 25.1 Å². The summed E-state index contributed by atoms with van der Waals surface area (Å²) >= 11 is 0. The third-order valence-corrected chi connectivity index (χ3v) is 4.51. The Morgan fingerprint density at radius 2 is 1.69 bits per heavy atom. The predicted octanol–water partition coefficient (Wildman–Crippen LogP) is 3.32. The lowest BCUT2D eigenvalue weighted by molar-refractivity contribution is -0.307. The molecule has 0 aliphatic rings. The van der Waals surface area contributed by atoms with Crippen LogP contribution in [-0.2, 0) is 4.79 Å². The minimum absolute atomic E-state index is 0.293. The van der Waals surface area contributed by atoms with Gasteiger partial charge < -0.3 is 29.4 Å². The molecule has 1 N–H and O–H groups in total. The first-order chi connectivity index (χ1) is 15.6. The average Bonchev–Trinajstić information content (AvgIpc) is 2.82. The SMILES string of the molecule is CCOc1cc(C(Nc2ccc(C#N)cc2)C(=O)[O-])ccc1OCCOc1ccccc1. The Kier molecular flexibility index (Phi) is 7.93. The minimum atomic E-state index is -1.29. The van der Waals surface area contributed by atoms with E-state index in [0.717, 1.165) is 5.75 Å². The monoisotopic (exact) mass is 431 g/mol. The van der Waals surface area contributed by atoms with Gasteiger partial charge in [-0.2, -0.15) is 5.26 Å². The molecule has 1 unspecified atom stereocenters. The van der Waals surface area contributed by atoms with Crippen molar-refractivity contribution >= 4 is 11.7 Å². The molecule has 3 aromatic carbocycles. The van der Waals surface area contributed by atoms with Crippen LogP contribution in [0.5, 0.6) is 17.2 Å². The van der Waals surface area contributed by atoms with Crippen molar-refractivity contribution in [2.45, 2.75) is 13.0 Å². The van der Waals surface area contributed by atoms with E-state index in [-0.39, 0.29) is 0 Å². The summed E-state index contributed by atoms with van der Waals surface area (Å²) < 4.78 is 17.1. The van der Waals surface area contributed by atoms with Crippen LogP contribution in [0, 0.1) is 11.3 Å². The number of carbonyl (C=O) groups excluding carboxylic acids is 1. The van der Waals surface area contributed by atoms with Gasteiger partial charge in [-0.3, -0.25) is 0 Å². The number of hydrogen-bond donors (Lipinski definition) is 1. The lowest BCUT2D eigenvalue weighted by Gasteiger charge is -2.23. The highest BCUT2D eigenvalue weighted by atomic mass is 16.5. The lowest BCUT2D eigenvalue weighted by atomic mass is 10.1. The number of carboxylic acids is 1. The van der Waals surface area contributed by atoms with Crippen molar-refractivity contribution < 1.29 is 24.1 Å². The predicted molar refractivity (Wildman–Crippen MR) is 118 cm³/mol. The van der Waals surface area contributed by atoms with E-state index in [2.05, 4.69) is 5.32 Å². The molecule has 0 bridgehead atoms. The normalized spacial score (nSPS) is 11.1. The lowest BCUT2D eigenvalue weighted by Crippen LogP contribution is -2.34. The first kappa shape index (κ1) is 22.5. The van der Waals surface area contributed by atoms with Gasteiger partial charge in [0.2, 0.25) is 0 Å². The van der Waals surface area contributed by atoms with Gasteiger partial charge in [-0.15, -0.1) is 0 Å². The zero-order valence-corrected chi connectivity index (χ0v) is 17.6. The van der Waals surface area contributed by atoms with E-state index in [1.54, 1.807) is 42.5 Å². The summed E-state index contributed by atoms with van der Waals surface area (Å²) in [5, 5.41) is 23.6. The number of benzene rings is 3. The highest BCUT2D eigenvalue weighted by Crippen LogP contribution is 2.32. The van der Waals surface area contributed by atoms with Crippen LogP contribution in [0.2, 0.25) is 0 Å². The van der Waals surface area contributed by atoms with Crippen LogP contribution in [0.1, 0.15) is 24.1 Å². The molecule has 0 amide bonds. The first-order valence-electron chi connectivity index (χ1n) is 10.2. The number of ether oxygens (including phenoxy) is 3. The van der Waals surface area contributed by atoms with Gasteiger partial charge in [0.15, 0.2) is 11.5 Å². The third kappa shape index (κ3) is 6.16. The van der Waals surface area contributed by atoms with Crippen molar-refractivity contribution in [3.05, 3.63) is 83.9 Å². The Bertz CT molecular complexity index is 1060. The van der Waals surface area contributed by atoms with E-state index in [0.29, 0.717) is 48.1 Å². The molecule has 0 saturated carbocycles. The maximum absolute atomic E-state index is 11.8. The second-order valence-electron chi connectivity index (χ2n) is 6.73. The summed E-state index contributed by atoms with van der Waals surface area (Å²) in [6.07, 6.45) is 0. The molecule has 0 heterocycles. The third-order valence-electron chi connectivity index (χ3n) is 4.51. The molecular weight excluding hydrogens is 408 g/mol. The van der Waals surface area contributed by atoms with Crippen LogP contribution < -0.4 is 24.6 Å². The number of nitrogens with zero attached hydrogens (tertiary/aromatic N) is 1. The largest absolute Gasteiger partial charge is 0.548 e. The molecule has 0 radical (unpaired) electrons. The Hall–Kier alpha value is -4.18. The van der Waals surface area contributed by atoms with Crippen LogP contribution in [0.4, 0.5) is 5.69 Å². The number of hydrogen-bond acceptors (Lipinski definition) is 7. The standard InChI is InChI=1S/C25H24N2O5/c1-2-30-23-16-19(24(25(28)29)27-20-11-8-18(17-26)9-12-20)10-13-22(23)32-15-14-31-21-6-4-3-5-7-21/h3-13,16,24,27H,2,14-15H2,1H3,(H,28,29)/p-1.